The van der Waals surface area contributed by atoms with Crippen LogP contribution in [0.5, 0.6) is 0 Å². The summed E-state index contributed by atoms with van der Waals surface area (Å²) in [4.78, 5) is 12.2. The van der Waals surface area contributed by atoms with Crippen LogP contribution in [-0.2, 0) is 9.53 Å². The van der Waals surface area contributed by atoms with E-state index in [-0.39, 0.29) is 24.7 Å². The molecule has 0 heterocycles. The lowest BCUT2D eigenvalue weighted by Crippen LogP contribution is -2.60. The van der Waals surface area contributed by atoms with Crippen molar-refractivity contribution in [2.24, 2.45) is 23.7 Å². The molecule has 3 unspecified atom stereocenters. The molecule has 160 valence electrons. The zero-order valence-corrected chi connectivity index (χ0v) is 14.7. The summed E-state index contributed by atoms with van der Waals surface area (Å²) in [5.74, 6) is -20.2. The van der Waals surface area contributed by atoms with E-state index in [1.165, 1.54) is 0 Å². The molecule has 2 bridgehead atoms. The molecular weight excluding hydrogens is 400 g/mol. The SMILES string of the molecule is O=C(OC1CCC(C(F)(F)C(F)(F)C(F)(F)C(F)F)CC1)C1CC2C=CC1C2. The summed E-state index contributed by atoms with van der Waals surface area (Å²) < 4.78 is 111. The molecule has 3 aliphatic carbocycles. The van der Waals surface area contributed by atoms with Gasteiger partial charge in [-0.15, -0.1) is 0 Å². The van der Waals surface area contributed by atoms with E-state index in [1.807, 2.05) is 12.2 Å². The first-order valence-corrected chi connectivity index (χ1v) is 9.18. The minimum absolute atomic E-state index is 0.0773. The molecule has 2 fully saturated rings. The minimum atomic E-state index is -6.18. The van der Waals surface area contributed by atoms with Crippen molar-refractivity contribution in [3.05, 3.63) is 12.2 Å². The van der Waals surface area contributed by atoms with Gasteiger partial charge >= 0.3 is 30.2 Å². The molecule has 3 aliphatic rings. The van der Waals surface area contributed by atoms with Crippen molar-refractivity contribution >= 4 is 5.97 Å². The Kier molecular flexibility index (Phi) is 5.46. The number of rotatable bonds is 6. The topological polar surface area (TPSA) is 26.3 Å². The number of allylic oxidation sites excluding steroid dienone is 2. The molecule has 0 N–H and O–H groups in total. The fourth-order valence-electron chi connectivity index (χ4n) is 4.46. The summed E-state index contributed by atoms with van der Waals surface area (Å²) in [6, 6.07) is 0. The van der Waals surface area contributed by atoms with Crippen molar-refractivity contribution in [3.8, 4) is 0 Å². The molecule has 0 saturated heterocycles. The third-order valence-corrected chi connectivity index (χ3v) is 6.16. The van der Waals surface area contributed by atoms with Crippen molar-refractivity contribution < 1.29 is 44.7 Å². The zero-order valence-electron chi connectivity index (χ0n) is 14.7. The standard InChI is InChI=1S/C18H20F8O2/c19-15(20)17(23,24)18(25,26)16(21,22)11-3-5-12(6-4-11)28-14(27)13-8-9-1-2-10(13)7-9/h1-2,9-13,15H,3-8H2. The number of hydrogen-bond acceptors (Lipinski definition) is 2. The first-order valence-electron chi connectivity index (χ1n) is 9.18. The van der Waals surface area contributed by atoms with Crippen LogP contribution in [0.2, 0.25) is 0 Å². The molecule has 3 rings (SSSR count). The van der Waals surface area contributed by atoms with E-state index >= 15 is 0 Å². The number of fused-ring (bicyclic) bond motifs is 2. The highest BCUT2D eigenvalue weighted by molar-refractivity contribution is 5.74. The number of ether oxygens (including phenoxy) is 1. The van der Waals surface area contributed by atoms with Gasteiger partial charge in [0, 0.05) is 5.92 Å². The van der Waals surface area contributed by atoms with Crippen LogP contribution in [0.25, 0.3) is 0 Å². The fourth-order valence-corrected chi connectivity index (χ4v) is 4.46. The van der Waals surface area contributed by atoms with Gasteiger partial charge in [0.05, 0.1) is 5.92 Å². The van der Waals surface area contributed by atoms with Gasteiger partial charge in [0.1, 0.15) is 6.10 Å². The lowest BCUT2D eigenvalue weighted by atomic mass is 9.79. The molecular formula is C18H20F8O2. The van der Waals surface area contributed by atoms with E-state index in [0.29, 0.717) is 12.3 Å². The highest BCUT2D eigenvalue weighted by Gasteiger charge is 2.76. The Morgan fingerprint density at radius 2 is 1.54 bits per heavy atom. The normalized spacial score (nSPS) is 33.5. The Balaban J connectivity index is 1.57. The third kappa shape index (κ3) is 3.40. The first-order chi connectivity index (χ1) is 12.9. The molecule has 2 saturated carbocycles. The van der Waals surface area contributed by atoms with Crippen molar-refractivity contribution in [1.82, 2.24) is 0 Å². The van der Waals surface area contributed by atoms with Crippen LogP contribution in [0.15, 0.2) is 12.2 Å². The number of halogens is 8. The van der Waals surface area contributed by atoms with Crippen LogP contribution in [0.1, 0.15) is 38.5 Å². The lowest BCUT2D eigenvalue weighted by molar-refractivity contribution is -0.352. The maximum absolute atomic E-state index is 14.0. The second-order valence-corrected chi connectivity index (χ2v) is 7.92. The molecule has 0 spiro atoms. The van der Waals surface area contributed by atoms with Crippen LogP contribution in [0, 0.1) is 23.7 Å². The molecule has 0 aliphatic heterocycles. The Labute approximate surface area is 156 Å². The van der Waals surface area contributed by atoms with Crippen molar-refractivity contribution in [1.29, 1.82) is 0 Å². The highest BCUT2D eigenvalue weighted by atomic mass is 19.4. The second-order valence-electron chi connectivity index (χ2n) is 7.92. The van der Waals surface area contributed by atoms with Crippen LogP contribution in [-0.4, -0.2) is 36.3 Å². The molecule has 2 nitrogen and oxygen atoms in total. The molecule has 0 aromatic rings. The van der Waals surface area contributed by atoms with Crippen LogP contribution in [0.4, 0.5) is 35.1 Å². The maximum atomic E-state index is 14.0. The largest absolute Gasteiger partial charge is 0.462 e. The van der Waals surface area contributed by atoms with Gasteiger partial charge in [0.2, 0.25) is 0 Å². The van der Waals surface area contributed by atoms with Crippen LogP contribution < -0.4 is 0 Å². The summed E-state index contributed by atoms with van der Waals surface area (Å²) in [7, 11) is 0. The summed E-state index contributed by atoms with van der Waals surface area (Å²) in [6.07, 6.45) is -1.91. The van der Waals surface area contributed by atoms with Crippen molar-refractivity contribution in [3.63, 3.8) is 0 Å². The van der Waals surface area contributed by atoms with E-state index in [2.05, 4.69) is 0 Å². The number of esters is 1. The van der Waals surface area contributed by atoms with Crippen LogP contribution >= 0.6 is 0 Å². The number of carbonyl (C=O) groups excluding carboxylic acids is 1. The lowest BCUT2D eigenvalue weighted by Gasteiger charge is -2.39. The number of hydrogen-bond donors (Lipinski definition) is 0. The smallest absolute Gasteiger partial charge is 0.378 e. The summed E-state index contributed by atoms with van der Waals surface area (Å²) >= 11 is 0. The average Bonchev–Trinajstić information content (AvgIpc) is 3.25. The zero-order chi connectivity index (χ0) is 20.9. The average molecular weight is 420 g/mol. The van der Waals surface area contributed by atoms with E-state index in [9.17, 15) is 39.9 Å². The van der Waals surface area contributed by atoms with E-state index in [0.717, 1.165) is 6.42 Å². The molecule has 0 aromatic heterocycles. The van der Waals surface area contributed by atoms with E-state index in [4.69, 9.17) is 4.74 Å². The molecule has 10 heteroatoms. The van der Waals surface area contributed by atoms with Gasteiger partial charge in [-0.3, -0.25) is 4.79 Å². The monoisotopic (exact) mass is 420 g/mol. The quantitative estimate of drug-likeness (QED) is 0.324. The highest BCUT2D eigenvalue weighted by Crippen LogP contribution is 2.54. The van der Waals surface area contributed by atoms with Gasteiger partial charge in [-0.25, -0.2) is 8.78 Å². The van der Waals surface area contributed by atoms with E-state index in [1.54, 1.807) is 0 Å². The summed E-state index contributed by atoms with van der Waals surface area (Å²) in [5.41, 5.74) is 0. The fraction of sp³-hybridized carbons (Fsp3) is 0.833. The Bertz CT molecular complexity index is 625. The summed E-state index contributed by atoms with van der Waals surface area (Å²) in [5, 5.41) is 0. The molecule has 3 atom stereocenters. The molecule has 0 amide bonds. The molecule has 28 heavy (non-hydrogen) atoms. The summed E-state index contributed by atoms with van der Waals surface area (Å²) in [6.45, 7) is 0. The van der Waals surface area contributed by atoms with Gasteiger partial charge in [-0.2, -0.15) is 26.3 Å². The third-order valence-electron chi connectivity index (χ3n) is 6.16. The number of carbonyl (C=O) groups is 1. The molecule has 0 aromatic carbocycles. The van der Waals surface area contributed by atoms with Gasteiger partial charge in [-0.1, -0.05) is 12.2 Å². The molecule has 0 radical (unpaired) electrons. The minimum Gasteiger partial charge on any atom is -0.462 e. The Hall–Kier alpha value is -1.35. The predicted molar refractivity (Wildman–Crippen MR) is 81.5 cm³/mol. The first kappa shape index (κ1) is 21.4. The van der Waals surface area contributed by atoms with Crippen molar-refractivity contribution in [2.75, 3.05) is 0 Å². The Morgan fingerprint density at radius 1 is 0.929 bits per heavy atom. The maximum Gasteiger partial charge on any atom is 0.378 e. The van der Waals surface area contributed by atoms with E-state index < -0.39 is 55.0 Å². The van der Waals surface area contributed by atoms with Gasteiger partial charge in [0.15, 0.2) is 0 Å². The van der Waals surface area contributed by atoms with Gasteiger partial charge in [0.25, 0.3) is 0 Å². The van der Waals surface area contributed by atoms with Gasteiger partial charge < -0.3 is 4.74 Å². The number of alkyl halides is 8. The predicted octanol–water partition coefficient (Wildman–Crippen LogP) is 5.47. The van der Waals surface area contributed by atoms with Crippen molar-refractivity contribution in [2.45, 2.75) is 68.8 Å². The second kappa shape index (κ2) is 7.16. The van der Waals surface area contributed by atoms with Crippen LogP contribution in [0.3, 0.4) is 0 Å². The van der Waals surface area contributed by atoms with Gasteiger partial charge in [-0.05, 0) is 50.4 Å². The Morgan fingerprint density at radius 3 is 2.00 bits per heavy atom.